The molecule has 21 heavy (non-hydrogen) atoms. The van der Waals surface area contributed by atoms with Gasteiger partial charge >= 0.3 is 12.1 Å². The van der Waals surface area contributed by atoms with E-state index in [0.29, 0.717) is 4.90 Å². The van der Waals surface area contributed by atoms with Crippen LogP contribution < -0.4 is 4.90 Å². The van der Waals surface area contributed by atoms with E-state index in [1.54, 1.807) is 11.9 Å². The van der Waals surface area contributed by atoms with Crippen LogP contribution in [0.1, 0.15) is 6.42 Å². The number of amides is 1. The molecule has 2 atom stereocenters. The molecule has 1 fully saturated rings. The van der Waals surface area contributed by atoms with Gasteiger partial charge in [0.25, 0.3) is 0 Å². The Hall–Kier alpha value is -1.64. The molecule has 5 nitrogen and oxygen atoms in total. The number of likely N-dealkylation sites (tertiary alicyclic amines) is 1. The highest BCUT2D eigenvalue weighted by atomic mass is 19.4. The van der Waals surface area contributed by atoms with Crippen molar-refractivity contribution < 1.29 is 22.4 Å². The van der Waals surface area contributed by atoms with Crippen LogP contribution in [0.15, 0.2) is 12.4 Å². The van der Waals surface area contributed by atoms with Crippen LogP contribution in [0.3, 0.4) is 0 Å². The molecular weight excluding hydrogens is 292 g/mol. The number of carbonyl (C=O) groups is 1. The Morgan fingerprint density at radius 3 is 2.52 bits per heavy atom. The van der Waals surface area contributed by atoms with Crippen molar-refractivity contribution in [3.05, 3.63) is 12.4 Å². The van der Waals surface area contributed by atoms with Crippen LogP contribution in [0.5, 0.6) is 0 Å². The van der Waals surface area contributed by atoms with Gasteiger partial charge in [-0.1, -0.05) is 0 Å². The fourth-order valence-electron chi connectivity index (χ4n) is 2.57. The van der Waals surface area contributed by atoms with E-state index >= 15 is 0 Å². The van der Waals surface area contributed by atoms with Crippen molar-refractivity contribution in [2.75, 3.05) is 25.0 Å². The summed E-state index contributed by atoms with van der Waals surface area (Å²) in [5.74, 6) is -2.00. The number of aromatic nitrogens is 2. The fraction of sp³-hybridized carbons (Fsp3) is 0.667. The molecule has 0 aromatic carbocycles. The molecule has 2 heterocycles. The highest BCUT2D eigenvalue weighted by Gasteiger charge is 2.47. The van der Waals surface area contributed by atoms with Gasteiger partial charge in [0.2, 0.25) is 0 Å². The van der Waals surface area contributed by atoms with Crippen molar-refractivity contribution in [1.29, 1.82) is 0 Å². The van der Waals surface area contributed by atoms with E-state index in [1.807, 2.05) is 0 Å². The van der Waals surface area contributed by atoms with E-state index < -0.39 is 24.3 Å². The molecule has 0 aliphatic carbocycles. The summed E-state index contributed by atoms with van der Waals surface area (Å²) < 4.78 is 53.4. The lowest BCUT2D eigenvalue weighted by Crippen LogP contribution is -2.55. The molecule has 118 valence electrons. The smallest absolute Gasteiger partial charge is 0.301 e. The van der Waals surface area contributed by atoms with Gasteiger partial charge in [0, 0.05) is 32.8 Å². The number of aryl methyl sites for hydroxylation is 1. The highest BCUT2D eigenvalue weighted by molar-refractivity contribution is 5.97. The average molecular weight is 308 g/mol. The van der Waals surface area contributed by atoms with Gasteiger partial charge < -0.3 is 4.90 Å². The normalized spacial score (nSPS) is 24.1. The molecule has 2 rings (SSSR count). The van der Waals surface area contributed by atoms with Gasteiger partial charge in [-0.15, -0.1) is 0 Å². The van der Waals surface area contributed by atoms with Crippen LogP contribution in [0.2, 0.25) is 0 Å². The van der Waals surface area contributed by atoms with Gasteiger partial charge in [0.1, 0.15) is 6.17 Å². The van der Waals surface area contributed by atoms with E-state index in [4.69, 9.17) is 0 Å². The number of piperidine rings is 1. The monoisotopic (exact) mass is 308 g/mol. The van der Waals surface area contributed by atoms with E-state index in [2.05, 4.69) is 5.10 Å². The number of carbonyl (C=O) groups excluding carboxylic acids is 1. The number of alkyl halides is 4. The SMILES string of the molecule is CN1CC(F)CC(N(C(=O)C(F)(F)F)c2cnn(C)c2)C1. The van der Waals surface area contributed by atoms with Crippen molar-refractivity contribution in [2.45, 2.75) is 24.8 Å². The lowest BCUT2D eigenvalue weighted by molar-refractivity contribution is -0.171. The summed E-state index contributed by atoms with van der Waals surface area (Å²) in [6.07, 6.45) is -3.93. The zero-order valence-corrected chi connectivity index (χ0v) is 11.6. The maximum absolute atomic E-state index is 13.6. The van der Waals surface area contributed by atoms with Crippen molar-refractivity contribution >= 4 is 11.6 Å². The summed E-state index contributed by atoms with van der Waals surface area (Å²) in [6.45, 7) is 0.328. The Morgan fingerprint density at radius 2 is 2.05 bits per heavy atom. The third-order valence-corrected chi connectivity index (χ3v) is 3.36. The Balaban J connectivity index is 2.34. The summed E-state index contributed by atoms with van der Waals surface area (Å²) in [4.78, 5) is 13.9. The third kappa shape index (κ3) is 3.52. The van der Waals surface area contributed by atoms with E-state index in [0.717, 1.165) is 0 Å². The van der Waals surface area contributed by atoms with Crippen LogP contribution in [-0.2, 0) is 11.8 Å². The number of rotatable bonds is 2. The fourth-order valence-corrected chi connectivity index (χ4v) is 2.57. The van der Waals surface area contributed by atoms with E-state index in [-0.39, 0.29) is 25.2 Å². The zero-order valence-electron chi connectivity index (χ0n) is 11.6. The first-order valence-electron chi connectivity index (χ1n) is 6.40. The van der Waals surface area contributed by atoms with E-state index in [9.17, 15) is 22.4 Å². The molecule has 1 amide bonds. The largest absolute Gasteiger partial charge is 0.471 e. The molecule has 1 saturated heterocycles. The van der Waals surface area contributed by atoms with Gasteiger partial charge in [-0.25, -0.2) is 4.39 Å². The minimum Gasteiger partial charge on any atom is -0.301 e. The van der Waals surface area contributed by atoms with Crippen molar-refractivity contribution in [3.63, 3.8) is 0 Å². The second-order valence-corrected chi connectivity index (χ2v) is 5.25. The van der Waals surface area contributed by atoms with Gasteiger partial charge in [-0.05, 0) is 7.05 Å². The second kappa shape index (κ2) is 5.63. The first kappa shape index (κ1) is 15.7. The number of hydrogen-bond donors (Lipinski definition) is 0. The summed E-state index contributed by atoms with van der Waals surface area (Å²) in [5.41, 5.74) is 0.0207. The van der Waals surface area contributed by atoms with Gasteiger partial charge in [0.05, 0.1) is 17.9 Å². The first-order valence-corrected chi connectivity index (χ1v) is 6.40. The lowest BCUT2D eigenvalue weighted by atomic mass is 10.0. The Labute approximate surface area is 119 Å². The van der Waals surface area contributed by atoms with Crippen molar-refractivity contribution in [2.24, 2.45) is 7.05 Å². The first-order chi connectivity index (χ1) is 9.68. The number of likely N-dealkylation sites (N-methyl/N-ethyl adjacent to an activating group) is 1. The number of nitrogens with zero attached hydrogens (tertiary/aromatic N) is 4. The molecule has 1 aliphatic heterocycles. The minimum atomic E-state index is -5.02. The molecule has 2 unspecified atom stereocenters. The van der Waals surface area contributed by atoms with Crippen molar-refractivity contribution in [1.82, 2.24) is 14.7 Å². The predicted octanol–water partition coefficient (Wildman–Crippen LogP) is 1.36. The number of halogens is 4. The third-order valence-electron chi connectivity index (χ3n) is 3.36. The summed E-state index contributed by atoms with van der Waals surface area (Å²) in [5, 5.41) is 3.78. The van der Waals surface area contributed by atoms with Crippen LogP contribution in [0.4, 0.5) is 23.2 Å². The Bertz CT molecular complexity index is 506. The molecule has 0 N–H and O–H groups in total. The van der Waals surface area contributed by atoms with Gasteiger partial charge in [-0.2, -0.15) is 18.3 Å². The van der Waals surface area contributed by atoms with Gasteiger partial charge in [0.15, 0.2) is 0 Å². The maximum Gasteiger partial charge on any atom is 0.471 e. The molecule has 9 heteroatoms. The average Bonchev–Trinajstić information content (AvgIpc) is 2.73. The molecule has 0 bridgehead atoms. The number of hydrogen-bond acceptors (Lipinski definition) is 3. The molecule has 1 aliphatic rings. The molecule has 0 saturated carbocycles. The molecular formula is C12H16F4N4O. The van der Waals surface area contributed by atoms with Crippen LogP contribution in [0, 0.1) is 0 Å². The second-order valence-electron chi connectivity index (χ2n) is 5.25. The summed E-state index contributed by atoms with van der Waals surface area (Å²) in [6, 6.07) is -0.878. The highest BCUT2D eigenvalue weighted by Crippen LogP contribution is 2.29. The molecule has 1 aromatic heterocycles. The zero-order chi connectivity index (χ0) is 15.8. The predicted molar refractivity (Wildman–Crippen MR) is 67.5 cm³/mol. The van der Waals surface area contributed by atoms with E-state index in [1.165, 1.54) is 24.1 Å². The van der Waals surface area contributed by atoms with Crippen LogP contribution >= 0.6 is 0 Å². The van der Waals surface area contributed by atoms with Crippen molar-refractivity contribution in [3.8, 4) is 0 Å². The summed E-state index contributed by atoms with van der Waals surface area (Å²) in [7, 11) is 3.14. The van der Waals surface area contributed by atoms with Crippen LogP contribution in [0.25, 0.3) is 0 Å². The standard InChI is InChI=1S/C12H16F4N4O/c1-18-5-8(13)3-9(6-18)20(11(21)12(14,15)16)10-4-17-19(2)7-10/h4,7-9H,3,5-6H2,1-2H3. The lowest BCUT2D eigenvalue weighted by Gasteiger charge is -2.38. The molecule has 1 aromatic rings. The van der Waals surface area contributed by atoms with Crippen LogP contribution in [-0.4, -0.2) is 59.1 Å². The number of anilines is 1. The summed E-state index contributed by atoms with van der Waals surface area (Å²) >= 11 is 0. The molecule has 0 spiro atoms. The van der Waals surface area contributed by atoms with Gasteiger partial charge in [-0.3, -0.25) is 14.4 Å². The Morgan fingerprint density at radius 1 is 1.38 bits per heavy atom. The quantitative estimate of drug-likeness (QED) is 0.775. The maximum atomic E-state index is 13.6. The molecule has 0 radical (unpaired) electrons. The minimum absolute atomic E-state index is 0.0207. The topological polar surface area (TPSA) is 41.4 Å². The Kier molecular flexibility index (Phi) is 4.22.